The van der Waals surface area contributed by atoms with Crippen molar-refractivity contribution in [1.29, 1.82) is 0 Å². The number of aliphatic hydroxyl groups excluding tert-OH is 1. The molecule has 0 saturated carbocycles. The van der Waals surface area contributed by atoms with Crippen LogP contribution in [0.1, 0.15) is 6.42 Å². The van der Waals surface area contributed by atoms with Gasteiger partial charge in [-0.3, -0.25) is 0 Å². The normalized spacial score (nSPS) is 12.5. The van der Waals surface area contributed by atoms with E-state index in [4.69, 9.17) is 15.6 Å². The Bertz CT molecular complexity index is 272. The largest absolute Gasteiger partial charge is 0.494 e. The summed E-state index contributed by atoms with van der Waals surface area (Å²) in [5.41, 5.74) is 5.46. The molecule has 84 valence electrons. The predicted octanol–water partition coefficient (Wildman–Crippen LogP) is 1.79. The maximum absolute atomic E-state index is 8.92. The third kappa shape index (κ3) is 4.64. The first-order valence-corrected chi connectivity index (χ1v) is 5.75. The predicted molar refractivity (Wildman–Crippen MR) is 63.9 cm³/mol. The van der Waals surface area contributed by atoms with Crippen LogP contribution >= 0.6 is 15.9 Å². The SMILES string of the molecule is NCC(CO)CCOc1ccc(Br)cc1. The van der Waals surface area contributed by atoms with E-state index in [1.54, 1.807) is 0 Å². The van der Waals surface area contributed by atoms with Crippen molar-refractivity contribution in [1.82, 2.24) is 0 Å². The van der Waals surface area contributed by atoms with E-state index in [9.17, 15) is 0 Å². The Labute approximate surface area is 98.4 Å². The van der Waals surface area contributed by atoms with E-state index >= 15 is 0 Å². The lowest BCUT2D eigenvalue weighted by atomic mass is 10.1. The molecule has 0 saturated heterocycles. The molecule has 0 aliphatic carbocycles. The molecule has 0 aliphatic rings. The van der Waals surface area contributed by atoms with Crippen molar-refractivity contribution in [2.45, 2.75) is 6.42 Å². The molecule has 1 rings (SSSR count). The highest BCUT2D eigenvalue weighted by molar-refractivity contribution is 9.10. The second kappa shape index (κ2) is 6.82. The number of benzene rings is 1. The monoisotopic (exact) mass is 273 g/mol. The van der Waals surface area contributed by atoms with Crippen LogP contribution in [0.25, 0.3) is 0 Å². The fraction of sp³-hybridized carbons (Fsp3) is 0.455. The van der Waals surface area contributed by atoms with E-state index in [0.29, 0.717) is 13.2 Å². The number of aliphatic hydroxyl groups is 1. The van der Waals surface area contributed by atoms with Gasteiger partial charge in [-0.15, -0.1) is 0 Å². The van der Waals surface area contributed by atoms with E-state index in [1.165, 1.54) is 0 Å². The Hall–Kier alpha value is -0.580. The van der Waals surface area contributed by atoms with Gasteiger partial charge in [-0.2, -0.15) is 0 Å². The van der Waals surface area contributed by atoms with Crippen molar-refractivity contribution in [3.8, 4) is 5.75 Å². The molecule has 1 aromatic rings. The number of ether oxygens (including phenoxy) is 1. The molecule has 0 bridgehead atoms. The molecule has 15 heavy (non-hydrogen) atoms. The summed E-state index contributed by atoms with van der Waals surface area (Å²) in [5, 5.41) is 8.92. The molecule has 0 radical (unpaired) electrons. The third-order valence-electron chi connectivity index (χ3n) is 2.20. The summed E-state index contributed by atoms with van der Waals surface area (Å²) in [6, 6.07) is 7.67. The molecule has 1 aromatic carbocycles. The second-order valence-electron chi connectivity index (χ2n) is 3.38. The number of hydrogen-bond donors (Lipinski definition) is 2. The van der Waals surface area contributed by atoms with Crippen LogP contribution in [0.3, 0.4) is 0 Å². The van der Waals surface area contributed by atoms with Gasteiger partial charge in [0, 0.05) is 11.1 Å². The first-order chi connectivity index (χ1) is 7.26. The molecular formula is C11H16BrNO2. The molecule has 0 spiro atoms. The van der Waals surface area contributed by atoms with Gasteiger partial charge < -0.3 is 15.6 Å². The van der Waals surface area contributed by atoms with E-state index in [0.717, 1.165) is 16.6 Å². The molecule has 1 unspecified atom stereocenters. The summed E-state index contributed by atoms with van der Waals surface area (Å²) in [4.78, 5) is 0. The van der Waals surface area contributed by atoms with Crippen molar-refractivity contribution < 1.29 is 9.84 Å². The van der Waals surface area contributed by atoms with Crippen LogP contribution in [-0.4, -0.2) is 24.9 Å². The number of nitrogens with two attached hydrogens (primary N) is 1. The molecular weight excluding hydrogens is 258 g/mol. The summed E-state index contributed by atoms with van der Waals surface area (Å²) in [6.07, 6.45) is 0.781. The van der Waals surface area contributed by atoms with Gasteiger partial charge in [-0.1, -0.05) is 15.9 Å². The molecule has 0 aliphatic heterocycles. The van der Waals surface area contributed by atoms with Gasteiger partial charge in [0.15, 0.2) is 0 Å². The van der Waals surface area contributed by atoms with Gasteiger partial charge in [0.2, 0.25) is 0 Å². The summed E-state index contributed by atoms with van der Waals surface area (Å²) in [7, 11) is 0. The van der Waals surface area contributed by atoms with Crippen molar-refractivity contribution in [2.75, 3.05) is 19.8 Å². The van der Waals surface area contributed by atoms with Crippen LogP contribution in [-0.2, 0) is 0 Å². The van der Waals surface area contributed by atoms with Crippen LogP contribution in [0.5, 0.6) is 5.75 Å². The van der Waals surface area contributed by atoms with Crippen LogP contribution in [0.4, 0.5) is 0 Å². The molecule has 0 heterocycles. The summed E-state index contributed by atoms with van der Waals surface area (Å²) < 4.78 is 6.54. The third-order valence-corrected chi connectivity index (χ3v) is 2.73. The fourth-order valence-corrected chi connectivity index (χ4v) is 1.42. The van der Waals surface area contributed by atoms with Crippen LogP contribution in [0.2, 0.25) is 0 Å². The van der Waals surface area contributed by atoms with Crippen molar-refractivity contribution in [3.05, 3.63) is 28.7 Å². The first kappa shape index (κ1) is 12.5. The van der Waals surface area contributed by atoms with Gasteiger partial charge in [0.25, 0.3) is 0 Å². The van der Waals surface area contributed by atoms with E-state index in [-0.39, 0.29) is 12.5 Å². The van der Waals surface area contributed by atoms with Crippen molar-refractivity contribution in [2.24, 2.45) is 11.7 Å². The molecule has 3 nitrogen and oxygen atoms in total. The summed E-state index contributed by atoms with van der Waals surface area (Å²) in [6.45, 7) is 1.21. The average Bonchev–Trinajstić information content (AvgIpc) is 2.27. The van der Waals surface area contributed by atoms with Gasteiger partial charge in [0.05, 0.1) is 6.61 Å². The zero-order chi connectivity index (χ0) is 11.1. The fourth-order valence-electron chi connectivity index (χ4n) is 1.16. The minimum absolute atomic E-state index is 0.125. The topological polar surface area (TPSA) is 55.5 Å². The Morgan fingerprint density at radius 2 is 2.00 bits per heavy atom. The molecule has 3 N–H and O–H groups in total. The number of hydrogen-bond acceptors (Lipinski definition) is 3. The van der Waals surface area contributed by atoms with E-state index < -0.39 is 0 Å². The van der Waals surface area contributed by atoms with Gasteiger partial charge in [-0.25, -0.2) is 0 Å². The van der Waals surface area contributed by atoms with Gasteiger partial charge in [-0.05, 0) is 43.1 Å². The van der Waals surface area contributed by atoms with Crippen LogP contribution in [0, 0.1) is 5.92 Å². The van der Waals surface area contributed by atoms with Crippen LogP contribution in [0.15, 0.2) is 28.7 Å². The summed E-state index contributed by atoms with van der Waals surface area (Å²) in [5.74, 6) is 0.979. The average molecular weight is 274 g/mol. The molecule has 0 aromatic heterocycles. The van der Waals surface area contributed by atoms with Crippen LogP contribution < -0.4 is 10.5 Å². The minimum atomic E-state index is 0.125. The Morgan fingerprint density at radius 1 is 1.33 bits per heavy atom. The second-order valence-corrected chi connectivity index (χ2v) is 4.29. The van der Waals surface area contributed by atoms with Crippen molar-refractivity contribution >= 4 is 15.9 Å². The highest BCUT2D eigenvalue weighted by Crippen LogP contribution is 2.16. The standard InChI is InChI=1S/C11H16BrNO2/c12-10-1-3-11(4-2-10)15-6-5-9(7-13)8-14/h1-4,9,14H,5-8,13H2. The molecule has 0 amide bonds. The maximum atomic E-state index is 8.92. The zero-order valence-electron chi connectivity index (χ0n) is 8.53. The molecule has 4 heteroatoms. The first-order valence-electron chi connectivity index (χ1n) is 4.95. The number of rotatable bonds is 6. The zero-order valence-corrected chi connectivity index (χ0v) is 10.1. The van der Waals surface area contributed by atoms with E-state index in [2.05, 4.69) is 15.9 Å². The maximum Gasteiger partial charge on any atom is 0.119 e. The van der Waals surface area contributed by atoms with Gasteiger partial charge in [0.1, 0.15) is 5.75 Å². The highest BCUT2D eigenvalue weighted by atomic mass is 79.9. The smallest absolute Gasteiger partial charge is 0.119 e. The lowest BCUT2D eigenvalue weighted by Gasteiger charge is -2.12. The van der Waals surface area contributed by atoms with Gasteiger partial charge >= 0.3 is 0 Å². The molecule has 1 atom stereocenters. The van der Waals surface area contributed by atoms with E-state index in [1.807, 2.05) is 24.3 Å². The molecule has 0 fully saturated rings. The number of halogens is 1. The Kier molecular flexibility index (Phi) is 5.68. The summed E-state index contributed by atoms with van der Waals surface area (Å²) >= 11 is 3.35. The lowest BCUT2D eigenvalue weighted by molar-refractivity contribution is 0.195. The highest BCUT2D eigenvalue weighted by Gasteiger charge is 2.04. The Morgan fingerprint density at radius 3 is 2.53 bits per heavy atom. The van der Waals surface area contributed by atoms with Crippen molar-refractivity contribution in [3.63, 3.8) is 0 Å². The lowest BCUT2D eigenvalue weighted by Crippen LogP contribution is -2.20. The minimum Gasteiger partial charge on any atom is -0.494 e. The Balaban J connectivity index is 2.28. The quantitative estimate of drug-likeness (QED) is 0.831.